The number of carbonyl (C=O) groups excluding carboxylic acids is 1. The molecule has 0 N–H and O–H groups in total. The number of rotatable bonds is 5. The summed E-state index contributed by atoms with van der Waals surface area (Å²) >= 11 is 0. The van der Waals surface area contributed by atoms with Gasteiger partial charge in [-0.2, -0.15) is 0 Å². The van der Waals surface area contributed by atoms with Gasteiger partial charge in [0.05, 0.1) is 5.56 Å². The Morgan fingerprint density at radius 1 is 0.800 bits per heavy atom. The summed E-state index contributed by atoms with van der Waals surface area (Å²) in [5.74, 6) is -0.310. The van der Waals surface area contributed by atoms with Gasteiger partial charge >= 0.3 is 5.97 Å². The Hall–Kier alpha value is -3.13. The Morgan fingerprint density at radius 2 is 1.40 bits per heavy atom. The van der Waals surface area contributed by atoms with Crippen molar-refractivity contribution < 1.29 is 9.53 Å². The van der Waals surface area contributed by atoms with Crippen LogP contribution in [0.15, 0.2) is 84.9 Å². The van der Waals surface area contributed by atoms with E-state index in [9.17, 15) is 4.79 Å². The lowest BCUT2D eigenvalue weighted by molar-refractivity contribution is 0.0557. The molecule has 3 aromatic rings. The molecule has 25 heavy (non-hydrogen) atoms. The predicted octanol–water partition coefficient (Wildman–Crippen LogP) is 5.39. The maximum absolute atomic E-state index is 12.3. The van der Waals surface area contributed by atoms with Gasteiger partial charge in [0.15, 0.2) is 0 Å². The highest BCUT2D eigenvalue weighted by atomic mass is 16.5. The van der Waals surface area contributed by atoms with Crippen molar-refractivity contribution in [3.8, 4) is 0 Å². The van der Waals surface area contributed by atoms with Crippen LogP contribution in [0.5, 0.6) is 0 Å². The van der Waals surface area contributed by atoms with Crippen LogP contribution < -0.4 is 0 Å². The molecule has 124 valence electrons. The molecule has 0 saturated carbocycles. The summed E-state index contributed by atoms with van der Waals surface area (Å²) in [5, 5.41) is 0. The summed E-state index contributed by atoms with van der Waals surface area (Å²) < 4.78 is 5.55. The van der Waals surface area contributed by atoms with Crippen molar-refractivity contribution in [1.82, 2.24) is 0 Å². The highest BCUT2D eigenvalue weighted by molar-refractivity contribution is 5.91. The summed E-state index contributed by atoms with van der Waals surface area (Å²) in [7, 11) is 0. The minimum atomic E-state index is -0.310. The molecule has 0 aliphatic rings. The average molecular weight is 328 g/mol. The average Bonchev–Trinajstić information content (AvgIpc) is 2.67. The zero-order valence-corrected chi connectivity index (χ0v) is 14.2. The fourth-order valence-corrected chi connectivity index (χ4v) is 2.53. The van der Waals surface area contributed by atoms with Crippen LogP contribution in [0.1, 0.15) is 27.0 Å². The van der Waals surface area contributed by atoms with Crippen LogP contribution in [0.25, 0.3) is 11.6 Å². The second-order valence-corrected chi connectivity index (χ2v) is 5.89. The molecule has 0 heterocycles. The number of carbonyl (C=O) groups is 1. The van der Waals surface area contributed by atoms with E-state index in [1.54, 1.807) is 12.1 Å². The fraction of sp³-hybridized carbons (Fsp3) is 0.0870. The quantitative estimate of drug-likeness (QED) is 0.463. The lowest BCUT2D eigenvalue weighted by Crippen LogP contribution is -2.07. The Bertz CT molecular complexity index is 848. The molecule has 0 amide bonds. The zero-order chi connectivity index (χ0) is 17.5. The van der Waals surface area contributed by atoms with E-state index >= 15 is 0 Å². The van der Waals surface area contributed by atoms with Gasteiger partial charge in [-0.1, -0.05) is 78.4 Å². The lowest BCUT2D eigenvalue weighted by atomic mass is 10.0. The molecule has 3 aromatic carbocycles. The second kappa shape index (κ2) is 8.11. The summed E-state index contributed by atoms with van der Waals surface area (Å²) in [4.78, 5) is 12.3. The fourth-order valence-electron chi connectivity index (χ4n) is 2.53. The van der Waals surface area contributed by atoms with Crippen molar-refractivity contribution in [2.75, 3.05) is 6.61 Å². The maximum atomic E-state index is 12.3. The summed E-state index contributed by atoms with van der Waals surface area (Å²) in [6, 6.07) is 27.4. The summed E-state index contributed by atoms with van der Waals surface area (Å²) in [6.45, 7) is 2.22. The van der Waals surface area contributed by atoms with E-state index in [0.29, 0.717) is 5.56 Å². The van der Waals surface area contributed by atoms with Gasteiger partial charge < -0.3 is 4.74 Å². The first-order valence-corrected chi connectivity index (χ1v) is 8.27. The molecule has 0 unspecified atom stereocenters. The van der Waals surface area contributed by atoms with E-state index in [1.807, 2.05) is 79.7 Å². The van der Waals surface area contributed by atoms with Crippen molar-refractivity contribution in [1.29, 1.82) is 0 Å². The standard InChI is InChI=1S/C23H20O2/c1-18-12-14-21(15-13-18)23(24)25-17-22(20-10-6-3-7-11-20)16-19-8-4-2-5-9-19/h2-16H,17H2,1H3/b22-16-. The number of ether oxygens (including phenoxy) is 1. The van der Waals surface area contributed by atoms with E-state index < -0.39 is 0 Å². The first kappa shape index (κ1) is 16.7. The van der Waals surface area contributed by atoms with Gasteiger partial charge in [-0.05, 0) is 41.8 Å². The number of esters is 1. The van der Waals surface area contributed by atoms with Crippen LogP contribution >= 0.6 is 0 Å². The number of aryl methyl sites for hydroxylation is 1. The second-order valence-electron chi connectivity index (χ2n) is 5.89. The molecular formula is C23H20O2. The van der Waals surface area contributed by atoms with Gasteiger partial charge in [0.1, 0.15) is 6.61 Å². The molecule has 0 spiro atoms. The normalized spacial score (nSPS) is 11.2. The third-order valence-electron chi connectivity index (χ3n) is 3.93. The summed E-state index contributed by atoms with van der Waals surface area (Å²) in [6.07, 6.45) is 2.05. The smallest absolute Gasteiger partial charge is 0.338 e. The van der Waals surface area contributed by atoms with Gasteiger partial charge in [-0.15, -0.1) is 0 Å². The molecule has 0 aliphatic carbocycles. The Morgan fingerprint density at radius 3 is 2.04 bits per heavy atom. The van der Waals surface area contributed by atoms with E-state index in [4.69, 9.17) is 4.74 Å². The molecule has 0 bridgehead atoms. The number of hydrogen-bond donors (Lipinski definition) is 0. The summed E-state index contributed by atoms with van der Waals surface area (Å²) in [5.41, 5.74) is 4.77. The van der Waals surface area contributed by atoms with Crippen molar-refractivity contribution >= 4 is 17.6 Å². The van der Waals surface area contributed by atoms with Crippen LogP contribution in [0.2, 0.25) is 0 Å². The van der Waals surface area contributed by atoms with Gasteiger partial charge in [0.25, 0.3) is 0 Å². The third-order valence-corrected chi connectivity index (χ3v) is 3.93. The van der Waals surface area contributed by atoms with Crippen LogP contribution in [0.4, 0.5) is 0 Å². The molecule has 0 aliphatic heterocycles. The lowest BCUT2D eigenvalue weighted by Gasteiger charge is -2.10. The van der Waals surface area contributed by atoms with Crippen LogP contribution in [-0.4, -0.2) is 12.6 Å². The molecule has 0 aromatic heterocycles. The minimum absolute atomic E-state index is 0.228. The largest absolute Gasteiger partial charge is 0.457 e. The van der Waals surface area contributed by atoms with E-state index in [0.717, 1.165) is 22.3 Å². The maximum Gasteiger partial charge on any atom is 0.338 e. The predicted molar refractivity (Wildman–Crippen MR) is 102 cm³/mol. The molecule has 2 nitrogen and oxygen atoms in total. The topological polar surface area (TPSA) is 26.3 Å². The first-order chi connectivity index (χ1) is 12.2. The molecule has 3 rings (SSSR count). The third kappa shape index (κ3) is 4.67. The molecule has 0 fully saturated rings. The van der Waals surface area contributed by atoms with E-state index in [2.05, 4.69) is 6.08 Å². The Labute approximate surface area is 148 Å². The van der Waals surface area contributed by atoms with Crippen LogP contribution in [-0.2, 0) is 4.74 Å². The SMILES string of the molecule is Cc1ccc(C(=O)OC/C(=C/c2ccccc2)c2ccccc2)cc1. The monoisotopic (exact) mass is 328 g/mol. The first-order valence-electron chi connectivity index (χ1n) is 8.27. The highest BCUT2D eigenvalue weighted by Crippen LogP contribution is 2.19. The van der Waals surface area contributed by atoms with Crippen molar-refractivity contribution in [2.45, 2.75) is 6.92 Å². The van der Waals surface area contributed by atoms with Crippen LogP contribution in [0, 0.1) is 6.92 Å². The molecular weight excluding hydrogens is 308 g/mol. The molecule has 0 saturated heterocycles. The number of benzene rings is 3. The Balaban J connectivity index is 1.80. The van der Waals surface area contributed by atoms with Gasteiger partial charge in [-0.3, -0.25) is 0 Å². The zero-order valence-electron chi connectivity index (χ0n) is 14.2. The highest BCUT2D eigenvalue weighted by Gasteiger charge is 2.09. The Kier molecular flexibility index (Phi) is 5.43. The van der Waals surface area contributed by atoms with Crippen molar-refractivity contribution in [3.63, 3.8) is 0 Å². The van der Waals surface area contributed by atoms with E-state index in [1.165, 1.54) is 0 Å². The van der Waals surface area contributed by atoms with Crippen LogP contribution in [0.3, 0.4) is 0 Å². The molecule has 0 radical (unpaired) electrons. The molecule has 2 heteroatoms. The van der Waals surface area contributed by atoms with Gasteiger partial charge in [0.2, 0.25) is 0 Å². The van der Waals surface area contributed by atoms with Gasteiger partial charge in [-0.25, -0.2) is 4.79 Å². The van der Waals surface area contributed by atoms with Crippen molar-refractivity contribution in [3.05, 3.63) is 107 Å². The minimum Gasteiger partial charge on any atom is -0.457 e. The van der Waals surface area contributed by atoms with Gasteiger partial charge in [0, 0.05) is 0 Å². The number of hydrogen-bond acceptors (Lipinski definition) is 2. The molecule has 0 atom stereocenters. The van der Waals surface area contributed by atoms with Crippen molar-refractivity contribution in [2.24, 2.45) is 0 Å². The van der Waals surface area contributed by atoms with E-state index in [-0.39, 0.29) is 12.6 Å².